The molecule has 2 rings (SSSR count). The van der Waals surface area contributed by atoms with Crippen LogP contribution in [-0.4, -0.2) is 4.98 Å². The second-order valence-electron chi connectivity index (χ2n) is 2.86. The lowest BCUT2D eigenvalue weighted by atomic mass is 10.3. The number of anilines is 3. The Bertz CT molecular complexity index is 412. The van der Waals surface area contributed by atoms with Gasteiger partial charge in [-0.05, 0) is 30.3 Å². The predicted octanol–water partition coefficient (Wildman–Crippen LogP) is 2.21. The summed E-state index contributed by atoms with van der Waals surface area (Å²) in [6, 6.07) is 14.1. The first-order valence-corrected chi connectivity index (χ1v) is 4.30. The molecule has 0 bridgehead atoms. The van der Waals surface area contributed by atoms with Crippen molar-refractivity contribution in [2.24, 2.45) is 0 Å². The summed E-state index contributed by atoms with van der Waals surface area (Å²) in [5.41, 5.74) is 7.30. The normalized spacial score (nSPS) is 9.71. The van der Waals surface area contributed by atoms with Crippen molar-refractivity contribution in [2.75, 3.05) is 11.1 Å². The van der Waals surface area contributed by atoms with Crippen molar-refractivity contribution in [2.45, 2.75) is 0 Å². The van der Waals surface area contributed by atoms with Gasteiger partial charge in [0, 0.05) is 11.9 Å². The van der Waals surface area contributed by atoms with Crippen LogP contribution in [0.2, 0.25) is 0 Å². The van der Waals surface area contributed by atoms with Crippen molar-refractivity contribution >= 4 is 17.2 Å². The number of hydrogen-bond donors (Lipinski definition) is 2. The van der Waals surface area contributed by atoms with Crippen molar-refractivity contribution in [1.29, 1.82) is 0 Å². The third-order valence-corrected chi connectivity index (χ3v) is 1.81. The number of nitrogens with zero attached hydrogens (tertiary/aromatic N) is 1. The quantitative estimate of drug-likeness (QED) is 0.752. The monoisotopic (exact) mass is 184 g/mol. The van der Waals surface area contributed by atoms with E-state index in [0.29, 0.717) is 11.5 Å². The second-order valence-corrected chi connectivity index (χ2v) is 2.86. The van der Waals surface area contributed by atoms with Crippen LogP contribution < -0.4 is 11.1 Å². The van der Waals surface area contributed by atoms with Crippen LogP contribution in [0.4, 0.5) is 17.2 Å². The van der Waals surface area contributed by atoms with Gasteiger partial charge in [0.05, 0.1) is 5.69 Å². The van der Waals surface area contributed by atoms with Crippen LogP contribution in [0.5, 0.6) is 0 Å². The predicted molar refractivity (Wildman–Crippen MR) is 57.2 cm³/mol. The Balaban J connectivity index is 2.24. The summed E-state index contributed by atoms with van der Waals surface area (Å²) in [7, 11) is 0. The molecule has 1 radical (unpaired) electrons. The van der Waals surface area contributed by atoms with Crippen LogP contribution in [0.1, 0.15) is 0 Å². The minimum atomic E-state index is 0.636. The van der Waals surface area contributed by atoms with E-state index in [1.54, 1.807) is 12.3 Å². The molecule has 2 aromatic rings. The lowest BCUT2D eigenvalue weighted by Crippen LogP contribution is -1.97. The molecule has 3 nitrogen and oxygen atoms in total. The Morgan fingerprint density at radius 3 is 2.93 bits per heavy atom. The zero-order chi connectivity index (χ0) is 9.80. The van der Waals surface area contributed by atoms with Gasteiger partial charge in [-0.2, -0.15) is 0 Å². The van der Waals surface area contributed by atoms with Gasteiger partial charge in [0.15, 0.2) is 5.82 Å². The molecule has 0 atom stereocenters. The summed E-state index contributed by atoms with van der Waals surface area (Å²) >= 11 is 0. The third-order valence-electron chi connectivity index (χ3n) is 1.81. The Morgan fingerprint density at radius 1 is 1.29 bits per heavy atom. The molecule has 3 heteroatoms. The van der Waals surface area contributed by atoms with E-state index in [1.807, 2.05) is 30.3 Å². The van der Waals surface area contributed by atoms with E-state index in [4.69, 9.17) is 5.73 Å². The Morgan fingerprint density at radius 2 is 2.21 bits per heavy atom. The van der Waals surface area contributed by atoms with Gasteiger partial charge in [-0.3, -0.25) is 0 Å². The molecule has 0 amide bonds. The maximum atomic E-state index is 5.73. The van der Waals surface area contributed by atoms with Gasteiger partial charge in [-0.15, -0.1) is 0 Å². The molecule has 1 aromatic carbocycles. The van der Waals surface area contributed by atoms with E-state index in [9.17, 15) is 0 Å². The number of benzene rings is 1. The van der Waals surface area contributed by atoms with E-state index in [2.05, 4.69) is 16.4 Å². The van der Waals surface area contributed by atoms with Gasteiger partial charge in [0.2, 0.25) is 0 Å². The number of nitrogens with one attached hydrogen (secondary N) is 1. The highest BCUT2D eigenvalue weighted by atomic mass is 15.0. The van der Waals surface area contributed by atoms with Gasteiger partial charge in [-0.1, -0.05) is 12.1 Å². The molecule has 14 heavy (non-hydrogen) atoms. The van der Waals surface area contributed by atoms with E-state index in [-0.39, 0.29) is 0 Å². The zero-order valence-electron chi connectivity index (χ0n) is 7.57. The summed E-state index contributed by atoms with van der Waals surface area (Å²) < 4.78 is 0. The Labute approximate surface area is 82.6 Å². The van der Waals surface area contributed by atoms with Crippen molar-refractivity contribution in [3.63, 3.8) is 0 Å². The lowest BCUT2D eigenvalue weighted by molar-refractivity contribution is 1.31. The number of aromatic nitrogens is 1. The molecule has 1 aromatic heterocycles. The molecule has 0 aliphatic heterocycles. The minimum absolute atomic E-state index is 0.636. The van der Waals surface area contributed by atoms with Crippen molar-refractivity contribution in [1.82, 2.24) is 4.98 Å². The highest BCUT2D eigenvalue weighted by Gasteiger charge is 1.98. The highest BCUT2D eigenvalue weighted by molar-refractivity contribution is 5.67. The van der Waals surface area contributed by atoms with Crippen LogP contribution in [0.25, 0.3) is 0 Å². The van der Waals surface area contributed by atoms with Gasteiger partial charge < -0.3 is 11.1 Å². The molecular weight excluding hydrogens is 174 g/mol. The van der Waals surface area contributed by atoms with Gasteiger partial charge in [0.25, 0.3) is 0 Å². The molecule has 69 valence electrons. The smallest absolute Gasteiger partial charge is 0.153 e. The third kappa shape index (κ3) is 1.82. The van der Waals surface area contributed by atoms with Gasteiger partial charge in [0.1, 0.15) is 0 Å². The number of nitrogens with two attached hydrogens (primary N) is 1. The number of nitrogen functional groups attached to an aromatic ring is 1. The Kier molecular flexibility index (Phi) is 2.32. The molecule has 1 heterocycles. The van der Waals surface area contributed by atoms with Crippen LogP contribution in [0.3, 0.4) is 0 Å². The molecule has 0 aliphatic rings. The molecule has 0 unspecified atom stereocenters. The maximum absolute atomic E-state index is 5.73. The minimum Gasteiger partial charge on any atom is -0.396 e. The fourth-order valence-corrected chi connectivity index (χ4v) is 1.13. The molecule has 0 fully saturated rings. The average molecular weight is 184 g/mol. The lowest BCUT2D eigenvalue weighted by Gasteiger charge is -2.06. The molecule has 0 saturated heterocycles. The van der Waals surface area contributed by atoms with Gasteiger partial charge >= 0.3 is 0 Å². The van der Waals surface area contributed by atoms with E-state index in [0.717, 1.165) is 5.69 Å². The average Bonchev–Trinajstić information content (AvgIpc) is 2.23. The first kappa shape index (κ1) is 8.56. The fourth-order valence-electron chi connectivity index (χ4n) is 1.13. The maximum Gasteiger partial charge on any atom is 0.153 e. The summed E-state index contributed by atoms with van der Waals surface area (Å²) in [6.07, 6.45) is 1.70. The molecule has 0 aliphatic carbocycles. The number of pyridine rings is 1. The standard InChI is InChI=1S/C11H10N3/c12-10-7-4-8-13-11(10)14-9-5-2-1-3-6-9/h1-2,4-8H,12H2,(H,13,14). The van der Waals surface area contributed by atoms with E-state index >= 15 is 0 Å². The SMILES string of the molecule is Nc1cccnc1Nc1c[c]ccc1. The summed E-state index contributed by atoms with van der Waals surface area (Å²) in [5, 5.41) is 3.10. The topological polar surface area (TPSA) is 50.9 Å². The first-order chi connectivity index (χ1) is 6.86. The van der Waals surface area contributed by atoms with Crippen molar-refractivity contribution in [3.8, 4) is 0 Å². The molecule has 0 saturated carbocycles. The summed E-state index contributed by atoms with van der Waals surface area (Å²) in [6.45, 7) is 0. The first-order valence-electron chi connectivity index (χ1n) is 4.30. The van der Waals surface area contributed by atoms with Crippen LogP contribution >= 0.6 is 0 Å². The van der Waals surface area contributed by atoms with Crippen molar-refractivity contribution in [3.05, 3.63) is 48.7 Å². The zero-order valence-corrected chi connectivity index (χ0v) is 7.57. The van der Waals surface area contributed by atoms with Crippen LogP contribution in [-0.2, 0) is 0 Å². The number of rotatable bonds is 2. The Hall–Kier alpha value is -2.03. The molecule has 3 N–H and O–H groups in total. The molecular formula is C11H10N3. The van der Waals surface area contributed by atoms with Gasteiger partial charge in [-0.25, -0.2) is 4.98 Å². The summed E-state index contributed by atoms with van der Waals surface area (Å²) in [5.74, 6) is 0.673. The number of hydrogen-bond acceptors (Lipinski definition) is 3. The van der Waals surface area contributed by atoms with Crippen LogP contribution in [0.15, 0.2) is 42.6 Å². The second kappa shape index (κ2) is 3.79. The fraction of sp³-hybridized carbons (Fsp3) is 0. The van der Waals surface area contributed by atoms with E-state index in [1.165, 1.54) is 0 Å². The summed E-state index contributed by atoms with van der Waals surface area (Å²) in [4.78, 5) is 4.12. The largest absolute Gasteiger partial charge is 0.396 e. The van der Waals surface area contributed by atoms with Crippen LogP contribution in [0, 0.1) is 6.07 Å². The highest BCUT2D eigenvalue weighted by Crippen LogP contribution is 2.18. The van der Waals surface area contributed by atoms with Crippen molar-refractivity contribution < 1.29 is 0 Å². The molecule has 0 spiro atoms. The van der Waals surface area contributed by atoms with E-state index < -0.39 is 0 Å².